The average molecular weight is 477 g/mol. The summed E-state index contributed by atoms with van der Waals surface area (Å²) >= 11 is 1.40. The Morgan fingerprint density at radius 2 is 1.88 bits per heavy atom. The Balaban J connectivity index is 1.23. The number of aromatic nitrogens is 2. The predicted molar refractivity (Wildman–Crippen MR) is 116 cm³/mol. The van der Waals surface area contributed by atoms with Crippen LogP contribution in [-0.4, -0.2) is 36.3 Å². The normalized spacial score (nSPS) is 11.5. The summed E-state index contributed by atoms with van der Waals surface area (Å²) in [5.74, 6) is -0.433. The molecule has 0 aliphatic rings. The number of halogens is 3. The summed E-state index contributed by atoms with van der Waals surface area (Å²) in [5, 5.41) is 7.18. The van der Waals surface area contributed by atoms with Gasteiger partial charge < -0.3 is 19.3 Å². The van der Waals surface area contributed by atoms with Crippen LogP contribution in [0.2, 0.25) is 0 Å². The molecule has 11 heteroatoms. The van der Waals surface area contributed by atoms with Crippen LogP contribution in [0.25, 0.3) is 21.5 Å². The maximum Gasteiger partial charge on any atom is 0.471 e. The van der Waals surface area contributed by atoms with Crippen LogP contribution in [0.4, 0.5) is 13.2 Å². The molecule has 2 aromatic carbocycles. The molecule has 2 heterocycles. The molecule has 4 rings (SSSR count). The molecule has 1 amide bonds. The first-order valence-electron chi connectivity index (χ1n) is 9.83. The predicted octanol–water partition coefficient (Wildman–Crippen LogP) is 5.18. The van der Waals surface area contributed by atoms with E-state index in [4.69, 9.17) is 9.47 Å². The third kappa shape index (κ3) is 5.43. The summed E-state index contributed by atoms with van der Waals surface area (Å²) in [7, 11) is 1.60. The number of rotatable bonds is 8. The van der Waals surface area contributed by atoms with Gasteiger partial charge in [0, 0.05) is 16.8 Å². The summed E-state index contributed by atoms with van der Waals surface area (Å²) in [6.45, 7) is 0.779. The minimum Gasteiger partial charge on any atom is -0.497 e. The number of thiophene rings is 1. The molecule has 0 saturated heterocycles. The number of alkyl halides is 3. The second kappa shape index (κ2) is 9.49. The third-order valence-electron chi connectivity index (χ3n) is 4.61. The molecule has 172 valence electrons. The molecule has 0 aliphatic carbocycles. The highest BCUT2D eigenvalue weighted by Crippen LogP contribution is 2.30. The van der Waals surface area contributed by atoms with Crippen molar-refractivity contribution in [2.75, 3.05) is 20.3 Å². The van der Waals surface area contributed by atoms with Gasteiger partial charge in [-0.05, 0) is 60.3 Å². The van der Waals surface area contributed by atoms with Crippen molar-refractivity contribution in [2.24, 2.45) is 0 Å². The molecule has 7 nitrogen and oxygen atoms in total. The van der Waals surface area contributed by atoms with Crippen molar-refractivity contribution in [3.8, 4) is 22.9 Å². The van der Waals surface area contributed by atoms with E-state index >= 15 is 0 Å². The average Bonchev–Trinajstić information content (AvgIpc) is 3.46. The topological polar surface area (TPSA) is 86.5 Å². The minimum atomic E-state index is -4.69. The molecule has 0 unspecified atom stereocenters. The van der Waals surface area contributed by atoms with Crippen molar-refractivity contribution in [1.29, 1.82) is 0 Å². The van der Waals surface area contributed by atoms with Gasteiger partial charge >= 0.3 is 12.1 Å². The summed E-state index contributed by atoms with van der Waals surface area (Å²) in [5.41, 5.74) is 0.370. The smallest absolute Gasteiger partial charge is 0.471 e. The van der Waals surface area contributed by atoms with Gasteiger partial charge in [0.05, 0.1) is 18.6 Å². The second-order valence-electron chi connectivity index (χ2n) is 6.92. The molecule has 0 fully saturated rings. The van der Waals surface area contributed by atoms with E-state index in [1.54, 1.807) is 31.4 Å². The van der Waals surface area contributed by atoms with Crippen molar-refractivity contribution < 1.29 is 32.0 Å². The van der Waals surface area contributed by atoms with Crippen molar-refractivity contribution in [1.82, 2.24) is 15.5 Å². The van der Waals surface area contributed by atoms with E-state index in [0.29, 0.717) is 35.8 Å². The van der Waals surface area contributed by atoms with E-state index in [2.05, 4.69) is 20.0 Å². The van der Waals surface area contributed by atoms with Gasteiger partial charge in [-0.3, -0.25) is 4.79 Å². The number of hydrogen-bond donors (Lipinski definition) is 1. The lowest BCUT2D eigenvalue weighted by Crippen LogP contribution is -2.24. The molecule has 0 aliphatic heterocycles. The number of ether oxygens (including phenoxy) is 2. The van der Waals surface area contributed by atoms with Gasteiger partial charge in [-0.1, -0.05) is 5.16 Å². The van der Waals surface area contributed by atoms with E-state index in [-0.39, 0.29) is 11.7 Å². The fraction of sp³-hybridized carbons (Fsp3) is 0.227. The number of benzene rings is 2. The lowest BCUT2D eigenvalue weighted by molar-refractivity contribution is -0.159. The molecule has 0 radical (unpaired) electrons. The molecule has 2 aromatic heterocycles. The summed E-state index contributed by atoms with van der Waals surface area (Å²) in [4.78, 5) is 16.3. The van der Waals surface area contributed by atoms with Gasteiger partial charge in [0.1, 0.15) is 11.5 Å². The minimum absolute atomic E-state index is 0.155. The van der Waals surface area contributed by atoms with Gasteiger partial charge in [-0.15, -0.1) is 11.3 Å². The maximum absolute atomic E-state index is 12.6. The molecule has 1 N–H and O–H groups in total. The highest BCUT2D eigenvalue weighted by Gasteiger charge is 2.38. The first-order chi connectivity index (χ1) is 15.8. The zero-order valence-corrected chi connectivity index (χ0v) is 18.1. The monoisotopic (exact) mass is 477 g/mol. The quantitative estimate of drug-likeness (QED) is 0.352. The number of fused-ring (bicyclic) bond motifs is 1. The Labute approximate surface area is 190 Å². The fourth-order valence-electron chi connectivity index (χ4n) is 2.96. The Morgan fingerprint density at radius 1 is 1.12 bits per heavy atom. The van der Waals surface area contributed by atoms with Crippen LogP contribution < -0.4 is 14.8 Å². The molecular formula is C22H18F3N3O4S. The van der Waals surface area contributed by atoms with Crippen molar-refractivity contribution in [3.05, 3.63) is 59.3 Å². The number of nitrogens with one attached hydrogen (secondary N) is 1. The van der Waals surface area contributed by atoms with Crippen LogP contribution in [-0.2, 0) is 6.18 Å². The Kier molecular flexibility index (Phi) is 6.50. The van der Waals surface area contributed by atoms with Crippen LogP contribution in [0.15, 0.2) is 53.1 Å². The Hall–Kier alpha value is -3.60. The summed E-state index contributed by atoms with van der Waals surface area (Å²) < 4.78 is 53.7. The zero-order chi connectivity index (χ0) is 23.4. The largest absolute Gasteiger partial charge is 0.497 e. The van der Waals surface area contributed by atoms with Crippen LogP contribution in [0, 0.1) is 0 Å². The van der Waals surface area contributed by atoms with Gasteiger partial charge in [0.15, 0.2) is 0 Å². The number of hydrogen-bond acceptors (Lipinski definition) is 7. The molecule has 0 bridgehead atoms. The van der Waals surface area contributed by atoms with Gasteiger partial charge in [0.25, 0.3) is 5.91 Å². The molecule has 0 saturated carbocycles. The SMILES string of the molecule is COc1ccc2cc(C(=O)NCCCOc3ccc(-c4noc(C(F)(F)F)n4)cc3)sc2c1. The number of nitrogens with zero attached hydrogens (tertiary/aromatic N) is 2. The Morgan fingerprint density at radius 3 is 2.58 bits per heavy atom. The molecule has 0 spiro atoms. The van der Waals surface area contributed by atoms with E-state index in [9.17, 15) is 18.0 Å². The third-order valence-corrected chi connectivity index (χ3v) is 5.70. The number of carbonyl (C=O) groups is 1. The number of amides is 1. The van der Waals surface area contributed by atoms with E-state index in [1.807, 2.05) is 24.3 Å². The van der Waals surface area contributed by atoms with E-state index < -0.39 is 12.1 Å². The van der Waals surface area contributed by atoms with Crippen LogP contribution in [0.1, 0.15) is 22.0 Å². The van der Waals surface area contributed by atoms with Crippen LogP contribution in [0.3, 0.4) is 0 Å². The molecular weight excluding hydrogens is 459 g/mol. The number of carbonyl (C=O) groups excluding carboxylic acids is 1. The zero-order valence-electron chi connectivity index (χ0n) is 17.3. The standard InChI is InChI=1S/C22H18F3N3O4S/c1-30-16-8-5-14-11-18(33-17(14)12-16)20(29)26-9-2-10-31-15-6-3-13(4-7-15)19-27-21(32-28-19)22(23,24)25/h3-8,11-12H,2,9-10H2,1H3,(H,26,29). The summed E-state index contributed by atoms with van der Waals surface area (Å²) in [6.07, 6.45) is -4.11. The Bertz CT molecular complexity index is 1250. The van der Waals surface area contributed by atoms with Gasteiger partial charge in [-0.25, -0.2) is 0 Å². The number of methoxy groups -OCH3 is 1. The lowest BCUT2D eigenvalue weighted by Gasteiger charge is -2.07. The van der Waals surface area contributed by atoms with E-state index in [0.717, 1.165) is 15.8 Å². The summed E-state index contributed by atoms with van der Waals surface area (Å²) in [6, 6.07) is 13.8. The molecule has 0 atom stereocenters. The fourth-order valence-corrected chi connectivity index (χ4v) is 3.97. The molecule has 33 heavy (non-hydrogen) atoms. The van der Waals surface area contributed by atoms with Gasteiger partial charge in [0.2, 0.25) is 5.82 Å². The first-order valence-corrected chi connectivity index (χ1v) is 10.6. The van der Waals surface area contributed by atoms with Crippen molar-refractivity contribution in [2.45, 2.75) is 12.6 Å². The highest BCUT2D eigenvalue weighted by atomic mass is 32.1. The van der Waals surface area contributed by atoms with Crippen LogP contribution >= 0.6 is 11.3 Å². The van der Waals surface area contributed by atoms with Gasteiger partial charge in [-0.2, -0.15) is 18.2 Å². The highest BCUT2D eigenvalue weighted by molar-refractivity contribution is 7.20. The first kappa shape index (κ1) is 22.6. The van der Waals surface area contributed by atoms with Crippen molar-refractivity contribution in [3.63, 3.8) is 0 Å². The second-order valence-corrected chi connectivity index (χ2v) is 8.00. The maximum atomic E-state index is 12.6. The van der Waals surface area contributed by atoms with E-state index in [1.165, 1.54) is 11.3 Å². The lowest BCUT2D eigenvalue weighted by atomic mass is 10.2. The van der Waals surface area contributed by atoms with Crippen molar-refractivity contribution >= 4 is 27.3 Å². The van der Waals surface area contributed by atoms with Crippen LogP contribution in [0.5, 0.6) is 11.5 Å². The molecule has 4 aromatic rings.